The molecule has 0 fully saturated rings. The van der Waals surface area contributed by atoms with Crippen LogP contribution in [0.2, 0.25) is 0 Å². The van der Waals surface area contributed by atoms with Gasteiger partial charge in [0.1, 0.15) is 0 Å². The van der Waals surface area contributed by atoms with Crippen molar-refractivity contribution in [3.8, 4) is 0 Å². The van der Waals surface area contributed by atoms with Crippen LogP contribution < -0.4 is 5.32 Å². The standard InChI is InChI=1S/C14H28ClNO2/c1-3-4-5-6-7-8-9-18-12-14(17)11-16-10-13(2)15/h14,16-17H,2-12H2,1H3. The first kappa shape index (κ1) is 17.9. The summed E-state index contributed by atoms with van der Waals surface area (Å²) >= 11 is 5.59. The molecular weight excluding hydrogens is 250 g/mol. The molecule has 0 heterocycles. The average molecular weight is 278 g/mol. The van der Waals surface area contributed by atoms with Gasteiger partial charge in [0.2, 0.25) is 0 Å². The fourth-order valence-electron chi connectivity index (χ4n) is 1.64. The van der Waals surface area contributed by atoms with E-state index in [1.165, 1.54) is 32.1 Å². The zero-order valence-corrected chi connectivity index (χ0v) is 12.3. The van der Waals surface area contributed by atoms with Crippen LogP contribution in [0.25, 0.3) is 0 Å². The number of hydrogen-bond acceptors (Lipinski definition) is 3. The average Bonchev–Trinajstić information content (AvgIpc) is 2.32. The van der Waals surface area contributed by atoms with Crippen LogP contribution in [0.4, 0.5) is 0 Å². The van der Waals surface area contributed by atoms with Crippen molar-refractivity contribution in [3.63, 3.8) is 0 Å². The van der Waals surface area contributed by atoms with Crippen molar-refractivity contribution < 1.29 is 9.84 Å². The molecule has 4 heteroatoms. The number of hydrogen-bond donors (Lipinski definition) is 2. The molecule has 0 aliphatic carbocycles. The van der Waals surface area contributed by atoms with E-state index in [-0.39, 0.29) is 0 Å². The maximum atomic E-state index is 9.57. The Hall–Kier alpha value is -0.0900. The van der Waals surface area contributed by atoms with Crippen molar-refractivity contribution in [1.29, 1.82) is 0 Å². The third-order valence-electron chi connectivity index (χ3n) is 2.65. The van der Waals surface area contributed by atoms with Gasteiger partial charge in [-0.3, -0.25) is 0 Å². The van der Waals surface area contributed by atoms with Crippen LogP contribution in [0.15, 0.2) is 11.6 Å². The Morgan fingerprint density at radius 2 is 1.94 bits per heavy atom. The minimum absolute atomic E-state index is 0.386. The lowest BCUT2D eigenvalue weighted by molar-refractivity contribution is 0.0359. The van der Waals surface area contributed by atoms with Crippen molar-refractivity contribution in [1.82, 2.24) is 5.32 Å². The molecule has 1 atom stereocenters. The van der Waals surface area contributed by atoms with E-state index in [9.17, 15) is 5.11 Å². The summed E-state index contributed by atoms with van der Waals surface area (Å²) in [5.74, 6) is 0. The smallest absolute Gasteiger partial charge is 0.0897 e. The van der Waals surface area contributed by atoms with Crippen LogP contribution in [0.1, 0.15) is 45.4 Å². The SMILES string of the molecule is C=C(Cl)CNCC(O)COCCCCCCCC. The van der Waals surface area contributed by atoms with Crippen LogP contribution in [-0.4, -0.2) is 37.5 Å². The molecule has 1 unspecified atom stereocenters. The molecule has 0 rings (SSSR count). The number of aliphatic hydroxyl groups excluding tert-OH is 1. The molecule has 0 saturated heterocycles. The van der Waals surface area contributed by atoms with Crippen LogP contribution >= 0.6 is 11.6 Å². The zero-order valence-electron chi connectivity index (χ0n) is 11.6. The van der Waals surface area contributed by atoms with Gasteiger partial charge in [-0.1, -0.05) is 57.2 Å². The lowest BCUT2D eigenvalue weighted by Gasteiger charge is -2.12. The van der Waals surface area contributed by atoms with E-state index in [0.29, 0.717) is 24.7 Å². The van der Waals surface area contributed by atoms with Crippen molar-refractivity contribution in [2.75, 3.05) is 26.3 Å². The van der Waals surface area contributed by atoms with Crippen LogP contribution in [-0.2, 0) is 4.74 Å². The highest BCUT2D eigenvalue weighted by Gasteiger charge is 2.03. The van der Waals surface area contributed by atoms with Gasteiger partial charge in [-0.05, 0) is 6.42 Å². The molecule has 0 spiro atoms. The van der Waals surface area contributed by atoms with Gasteiger partial charge in [0, 0.05) is 24.7 Å². The van der Waals surface area contributed by atoms with E-state index in [0.717, 1.165) is 13.0 Å². The van der Waals surface area contributed by atoms with Gasteiger partial charge in [0.25, 0.3) is 0 Å². The van der Waals surface area contributed by atoms with Crippen LogP contribution in [0.3, 0.4) is 0 Å². The third kappa shape index (κ3) is 14.0. The number of aliphatic hydroxyl groups is 1. The first-order valence-electron chi connectivity index (χ1n) is 6.96. The fraction of sp³-hybridized carbons (Fsp3) is 0.857. The van der Waals surface area contributed by atoms with E-state index in [1.54, 1.807) is 0 Å². The maximum absolute atomic E-state index is 9.57. The van der Waals surface area contributed by atoms with Crippen LogP contribution in [0, 0.1) is 0 Å². The Bertz CT molecular complexity index is 200. The number of nitrogens with one attached hydrogen (secondary N) is 1. The summed E-state index contributed by atoms with van der Waals surface area (Å²) in [6.07, 6.45) is 7.07. The fourth-order valence-corrected chi connectivity index (χ4v) is 1.73. The largest absolute Gasteiger partial charge is 0.389 e. The highest BCUT2D eigenvalue weighted by molar-refractivity contribution is 6.29. The predicted molar refractivity (Wildman–Crippen MR) is 78.1 cm³/mol. The summed E-state index contributed by atoms with van der Waals surface area (Å²) in [6.45, 7) is 7.92. The van der Waals surface area contributed by atoms with Gasteiger partial charge in [0.15, 0.2) is 0 Å². The number of rotatable bonds is 13. The molecule has 0 radical (unpaired) electrons. The highest BCUT2D eigenvalue weighted by atomic mass is 35.5. The van der Waals surface area contributed by atoms with E-state index in [2.05, 4.69) is 18.8 Å². The quantitative estimate of drug-likeness (QED) is 0.509. The van der Waals surface area contributed by atoms with Gasteiger partial charge in [-0.2, -0.15) is 0 Å². The van der Waals surface area contributed by atoms with E-state index < -0.39 is 6.10 Å². The molecule has 0 bridgehead atoms. The first-order chi connectivity index (χ1) is 8.66. The molecule has 0 saturated carbocycles. The molecule has 108 valence electrons. The maximum Gasteiger partial charge on any atom is 0.0897 e. The number of ether oxygens (including phenoxy) is 1. The zero-order chi connectivity index (χ0) is 13.6. The molecule has 18 heavy (non-hydrogen) atoms. The molecule has 0 aromatic heterocycles. The lowest BCUT2D eigenvalue weighted by atomic mass is 10.1. The van der Waals surface area contributed by atoms with Crippen LogP contribution in [0.5, 0.6) is 0 Å². The normalized spacial score (nSPS) is 12.6. The molecule has 0 aromatic rings. The minimum atomic E-state index is -0.471. The molecule has 0 aliphatic rings. The van der Waals surface area contributed by atoms with Crippen molar-refractivity contribution in [3.05, 3.63) is 11.6 Å². The predicted octanol–water partition coefficient (Wildman–Crippen LogP) is 3.07. The third-order valence-corrected chi connectivity index (χ3v) is 2.78. The van der Waals surface area contributed by atoms with Gasteiger partial charge in [0.05, 0.1) is 12.7 Å². The molecule has 0 amide bonds. The Morgan fingerprint density at radius 3 is 2.61 bits per heavy atom. The Labute approximate surface area is 117 Å². The number of unbranched alkanes of at least 4 members (excludes halogenated alkanes) is 5. The number of halogens is 1. The molecule has 0 aliphatic heterocycles. The topological polar surface area (TPSA) is 41.5 Å². The van der Waals surface area contributed by atoms with Crippen molar-refractivity contribution in [2.45, 2.75) is 51.6 Å². The summed E-state index contributed by atoms with van der Waals surface area (Å²) < 4.78 is 5.41. The molecule has 3 nitrogen and oxygen atoms in total. The summed E-state index contributed by atoms with van der Waals surface area (Å²) in [7, 11) is 0. The Balaban J connectivity index is 3.15. The summed E-state index contributed by atoms with van der Waals surface area (Å²) in [5, 5.41) is 13.1. The van der Waals surface area contributed by atoms with Crippen molar-refractivity contribution in [2.24, 2.45) is 0 Å². The van der Waals surface area contributed by atoms with Gasteiger partial charge in [-0.25, -0.2) is 0 Å². The summed E-state index contributed by atoms with van der Waals surface area (Å²) in [5.41, 5.74) is 0. The summed E-state index contributed by atoms with van der Waals surface area (Å²) in [4.78, 5) is 0. The monoisotopic (exact) mass is 277 g/mol. The Morgan fingerprint density at radius 1 is 1.28 bits per heavy atom. The van der Waals surface area contributed by atoms with E-state index in [1.807, 2.05) is 0 Å². The second-order valence-electron chi connectivity index (χ2n) is 4.64. The van der Waals surface area contributed by atoms with Gasteiger partial charge in [-0.15, -0.1) is 0 Å². The molecular formula is C14H28ClNO2. The van der Waals surface area contributed by atoms with Crippen molar-refractivity contribution >= 4 is 11.6 Å². The first-order valence-corrected chi connectivity index (χ1v) is 7.34. The lowest BCUT2D eigenvalue weighted by Crippen LogP contribution is -2.31. The second kappa shape index (κ2) is 13.3. The van der Waals surface area contributed by atoms with E-state index >= 15 is 0 Å². The second-order valence-corrected chi connectivity index (χ2v) is 5.18. The van der Waals surface area contributed by atoms with Gasteiger partial charge >= 0.3 is 0 Å². The van der Waals surface area contributed by atoms with Gasteiger partial charge < -0.3 is 15.2 Å². The van der Waals surface area contributed by atoms with E-state index in [4.69, 9.17) is 16.3 Å². The minimum Gasteiger partial charge on any atom is -0.389 e. The summed E-state index contributed by atoms with van der Waals surface area (Å²) in [6, 6.07) is 0. The Kier molecular flexibility index (Phi) is 13.3. The molecule has 2 N–H and O–H groups in total. The molecule has 0 aromatic carbocycles. The highest BCUT2D eigenvalue weighted by Crippen LogP contribution is 2.04.